The first-order valence-electron chi connectivity index (χ1n) is 12.3. The Labute approximate surface area is 211 Å². The molecule has 184 valence electrons. The van der Waals surface area contributed by atoms with Gasteiger partial charge in [0.2, 0.25) is 5.91 Å². The van der Waals surface area contributed by atoms with Crippen LogP contribution in [0.5, 0.6) is 0 Å². The first-order valence-corrected chi connectivity index (χ1v) is 12.3. The maximum absolute atomic E-state index is 13.8. The van der Waals surface area contributed by atoms with Crippen molar-refractivity contribution < 1.29 is 9.59 Å². The van der Waals surface area contributed by atoms with Crippen LogP contribution in [0.15, 0.2) is 73.2 Å². The molecule has 0 aliphatic carbocycles. The number of imidazole rings is 1. The molecule has 1 N–H and O–H groups in total. The normalized spacial score (nSPS) is 13.6. The molecule has 0 unspecified atom stereocenters. The number of nitrogens with zero attached hydrogens (tertiary/aromatic N) is 4. The van der Waals surface area contributed by atoms with Gasteiger partial charge in [-0.3, -0.25) is 9.59 Å². The molecule has 4 aromatic rings. The van der Waals surface area contributed by atoms with Crippen molar-refractivity contribution in [3.8, 4) is 0 Å². The Morgan fingerprint density at radius 3 is 2.64 bits per heavy atom. The fourth-order valence-corrected chi connectivity index (χ4v) is 4.85. The lowest BCUT2D eigenvalue weighted by atomic mass is 10.0. The number of carbonyl (C=O) groups is 2. The smallest absolute Gasteiger partial charge is 0.254 e. The average Bonchev–Trinajstić information content (AvgIpc) is 3.35. The lowest BCUT2D eigenvalue weighted by molar-refractivity contribution is -0.121. The number of hydrogen-bond donors (Lipinski definition) is 1. The zero-order chi connectivity index (χ0) is 25.2. The summed E-state index contributed by atoms with van der Waals surface area (Å²) in [6.45, 7) is 6.19. The van der Waals surface area contributed by atoms with Crippen molar-refractivity contribution in [1.82, 2.24) is 14.9 Å². The first-order chi connectivity index (χ1) is 17.4. The zero-order valence-electron chi connectivity index (χ0n) is 20.9. The van der Waals surface area contributed by atoms with Crippen molar-refractivity contribution in [1.29, 1.82) is 0 Å². The summed E-state index contributed by atoms with van der Waals surface area (Å²) in [7, 11) is 1.82. The molecule has 5 rings (SSSR count). The van der Waals surface area contributed by atoms with Gasteiger partial charge in [0, 0.05) is 55.7 Å². The SMILES string of the molecule is CC(C)C(=O)N(C)c1ccc2c(c1)N(Cc1cnc[nH]1)CCN(C(=O)c1cccc3ccccc13)C2. The summed E-state index contributed by atoms with van der Waals surface area (Å²) in [4.78, 5) is 39.7. The van der Waals surface area contributed by atoms with E-state index in [1.54, 1.807) is 11.2 Å². The molecule has 7 heteroatoms. The minimum absolute atomic E-state index is 0.0253. The molecule has 0 bridgehead atoms. The van der Waals surface area contributed by atoms with Crippen molar-refractivity contribution in [3.63, 3.8) is 0 Å². The van der Waals surface area contributed by atoms with Crippen LogP contribution in [0.25, 0.3) is 10.8 Å². The summed E-state index contributed by atoms with van der Waals surface area (Å²) < 4.78 is 0. The third-order valence-electron chi connectivity index (χ3n) is 6.85. The fourth-order valence-electron chi connectivity index (χ4n) is 4.85. The van der Waals surface area contributed by atoms with Crippen LogP contribution in [-0.4, -0.2) is 46.8 Å². The highest BCUT2D eigenvalue weighted by atomic mass is 16.2. The molecule has 1 aromatic heterocycles. The molecule has 0 saturated heterocycles. The van der Waals surface area contributed by atoms with Gasteiger partial charge in [-0.1, -0.05) is 56.3 Å². The highest BCUT2D eigenvalue weighted by Crippen LogP contribution is 2.32. The molecule has 0 radical (unpaired) electrons. The van der Waals surface area contributed by atoms with Gasteiger partial charge in [0.1, 0.15) is 0 Å². The van der Waals surface area contributed by atoms with Crippen LogP contribution in [0.4, 0.5) is 11.4 Å². The van der Waals surface area contributed by atoms with E-state index in [1.807, 2.05) is 86.6 Å². The Morgan fingerprint density at radius 2 is 1.86 bits per heavy atom. The lowest BCUT2D eigenvalue weighted by Gasteiger charge is -2.26. The van der Waals surface area contributed by atoms with E-state index in [4.69, 9.17) is 0 Å². The summed E-state index contributed by atoms with van der Waals surface area (Å²) >= 11 is 0. The summed E-state index contributed by atoms with van der Waals surface area (Å²) in [6.07, 6.45) is 3.50. The number of rotatable bonds is 5. The topological polar surface area (TPSA) is 72.5 Å². The Balaban J connectivity index is 1.51. The van der Waals surface area contributed by atoms with Gasteiger partial charge in [-0.05, 0) is 34.5 Å². The predicted molar refractivity (Wildman–Crippen MR) is 143 cm³/mol. The summed E-state index contributed by atoms with van der Waals surface area (Å²) in [5, 5.41) is 2.02. The standard InChI is InChI=1S/C29H31N5O2/c1-20(2)28(35)32(3)24-12-11-22-17-34(14-13-33(27(22)15-24)18-23-16-30-19-31-23)29(36)26-10-6-8-21-7-4-5-9-25(21)26/h4-12,15-16,19-20H,13-14,17-18H2,1-3H3,(H,30,31). The fraction of sp³-hybridized carbons (Fsp3) is 0.276. The number of anilines is 2. The molecule has 3 aromatic carbocycles. The molecule has 0 atom stereocenters. The van der Waals surface area contributed by atoms with E-state index < -0.39 is 0 Å². The maximum Gasteiger partial charge on any atom is 0.254 e. The van der Waals surface area contributed by atoms with Crippen molar-refractivity contribution in [3.05, 3.63) is 90.0 Å². The van der Waals surface area contributed by atoms with Gasteiger partial charge in [0.05, 0.1) is 18.6 Å². The number of amides is 2. The van der Waals surface area contributed by atoms with E-state index >= 15 is 0 Å². The summed E-state index contributed by atoms with van der Waals surface area (Å²) in [6, 6.07) is 20.0. The number of fused-ring (bicyclic) bond motifs is 2. The van der Waals surface area contributed by atoms with Crippen molar-refractivity contribution in [2.45, 2.75) is 26.9 Å². The molecule has 0 fully saturated rings. The van der Waals surface area contributed by atoms with E-state index in [-0.39, 0.29) is 17.7 Å². The Kier molecular flexibility index (Phi) is 6.46. The number of aromatic nitrogens is 2. The lowest BCUT2D eigenvalue weighted by Crippen LogP contribution is -2.35. The van der Waals surface area contributed by atoms with Crippen molar-refractivity contribution >= 4 is 34.0 Å². The third-order valence-corrected chi connectivity index (χ3v) is 6.85. The second-order valence-electron chi connectivity index (χ2n) is 9.62. The molecule has 0 spiro atoms. The Hall–Kier alpha value is -4.13. The van der Waals surface area contributed by atoms with E-state index in [2.05, 4.69) is 20.9 Å². The highest BCUT2D eigenvalue weighted by Gasteiger charge is 2.26. The molecule has 0 saturated carbocycles. The number of nitrogens with one attached hydrogen (secondary N) is 1. The van der Waals surface area contributed by atoms with E-state index in [9.17, 15) is 9.59 Å². The molecule has 7 nitrogen and oxygen atoms in total. The Bertz CT molecular complexity index is 1390. The van der Waals surface area contributed by atoms with Gasteiger partial charge in [-0.2, -0.15) is 0 Å². The van der Waals surface area contributed by atoms with E-state index in [0.717, 1.165) is 39.0 Å². The van der Waals surface area contributed by atoms with Crippen LogP contribution in [0.2, 0.25) is 0 Å². The summed E-state index contributed by atoms with van der Waals surface area (Å²) in [5.74, 6) is -0.00233. The van der Waals surface area contributed by atoms with Crippen LogP contribution in [0.1, 0.15) is 35.5 Å². The zero-order valence-corrected chi connectivity index (χ0v) is 20.9. The number of carbonyl (C=O) groups excluding carboxylic acids is 2. The quantitative estimate of drug-likeness (QED) is 0.443. The second kappa shape index (κ2) is 9.85. The van der Waals surface area contributed by atoms with Gasteiger partial charge in [0.15, 0.2) is 0 Å². The summed E-state index contributed by atoms with van der Waals surface area (Å²) in [5.41, 5.74) is 4.63. The average molecular weight is 482 g/mol. The maximum atomic E-state index is 13.8. The largest absolute Gasteiger partial charge is 0.364 e. The van der Waals surface area contributed by atoms with Gasteiger partial charge in [0.25, 0.3) is 5.91 Å². The van der Waals surface area contributed by atoms with Crippen LogP contribution in [0, 0.1) is 5.92 Å². The molecular weight excluding hydrogens is 450 g/mol. The number of aromatic amines is 1. The first kappa shape index (κ1) is 23.6. The molecule has 2 amide bonds. The number of benzene rings is 3. The molecule has 1 aliphatic rings. The monoisotopic (exact) mass is 481 g/mol. The van der Waals surface area contributed by atoms with Gasteiger partial charge < -0.3 is 19.7 Å². The number of hydrogen-bond acceptors (Lipinski definition) is 4. The van der Waals surface area contributed by atoms with Crippen molar-refractivity contribution in [2.24, 2.45) is 5.92 Å². The van der Waals surface area contributed by atoms with E-state index in [1.165, 1.54) is 0 Å². The van der Waals surface area contributed by atoms with Crippen LogP contribution < -0.4 is 9.80 Å². The van der Waals surface area contributed by atoms with Crippen LogP contribution in [-0.2, 0) is 17.9 Å². The molecule has 36 heavy (non-hydrogen) atoms. The third kappa shape index (κ3) is 4.56. The predicted octanol–water partition coefficient (Wildman–Crippen LogP) is 4.84. The van der Waals surface area contributed by atoms with Gasteiger partial charge in [-0.15, -0.1) is 0 Å². The second-order valence-corrected chi connectivity index (χ2v) is 9.62. The number of H-pyrrole nitrogens is 1. The highest BCUT2D eigenvalue weighted by molar-refractivity contribution is 6.07. The molecular formula is C29H31N5O2. The van der Waals surface area contributed by atoms with Gasteiger partial charge >= 0.3 is 0 Å². The van der Waals surface area contributed by atoms with Crippen LogP contribution >= 0.6 is 0 Å². The van der Waals surface area contributed by atoms with E-state index in [0.29, 0.717) is 26.2 Å². The molecule has 1 aliphatic heterocycles. The van der Waals surface area contributed by atoms with Crippen LogP contribution in [0.3, 0.4) is 0 Å². The van der Waals surface area contributed by atoms with Gasteiger partial charge in [-0.25, -0.2) is 4.98 Å². The minimum Gasteiger partial charge on any atom is -0.364 e. The molecule has 2 heterocycles. The van der Waals surface area contributed by atoms with Crippen molar-refractivity contribution in [2.75, 3.05) is 29.9 Å². The Morgan fingerprint density at radius 1 is 1.06 bits per heavy atom. The minimum atomic E-state index is -0.0938.